The Hall–Kier alpha value is -1.15. The zero-order chi connectivity index (χ0) is 15.1. The van der Waals surface area contributed by atoms with Crippen LogP contribution in [0.4, 0.5) is 0 Å². The Kier molecular flexibility index (Phi) is 4.06. The third-order valence-corrected chi connectivity index (χ3v) is 5.44. The van der Waals surface area contributed by atoms with Gasteiger partial charge in [0.25, 0.3) is 0 Å². The summed E-state index contributed by atoms with van der Waals surface area (Å²) >= 11 is 0. The minimum atomic E-state index is -3.40. The molecular weight excluding hydrogens is 284 g/mol. The summed E-state index contributed by atoms with van der Waals surface area (Å²) in [5.74, 6) is -1.83. The molecule has 2 aliphatic heterocycles. The summed E-state index contributed by atoms with van der Waals surface area (Å²) in [6.07, 6.45) is 2.27. The highest BCUT2D eigenvalue weighted by molar-refractivity contribution is 7.88. The topological polar surface area (TPSA) is 95.0 Å². The van der Waals surface area contributed by atoms with Crippen molar-refractivity contribution in [3.8, 4) is 0 Å². The molecule has 1 N–H and O–H groups in total. The van der Waals surface area contributed by atoms with Gasteiger partial charge in [-0.05, 0) is 18.8 Å². The van der Waals surface area contributed by atoms with E-state index in [0.29, 0.717) is 25.9 Å². The molecule has 8 heteroatoms. The maximum atomic E-state index is 12.4. The van der Waals surface area contributed by atoms with Gasteiger partial charge in [-0.25, -0.2) is 8.42 Å². The largest absolute Gasteiger partial charge is 0.481 e. The summed E-state index contributed by atoms with van der Waals surface area (Å²) in [4.78, 5) is 25.0. The van der Waals surface area contributed by atoms with Crippen LogP contribution in [0.1, 0.15) is 19.8 Å². The average molecular weight is 304 g/mol. The molecule has 0 aliphatic carbocycles. The molecule has 2 aliphatic rings. The van der Waals surface area contributed by atoms with Crippen molar-refractivity contribution in [3.63, 3.8) is 0 Å². The lowest BCUT2D eigenvalue weighted by Crippen LogP contribution is -2.47. The van der Waals surface area contributed by atoms with E-state index in [4.69, 9.17) is 5.11 Å². The molecule has 1 amide bonds. The smallest absolute Gasteiger partial charge is 0.308 e. The number of carboxylic acid groups (broad SMARTS) is 1. The second-order valence-corrected chi connectivity index (χ2v) is 7.63. The number of carboxylic acids is 1. The number of sulfonamides is 1. The van der Waals surface area contributed by atoms with Crippen molar-refractivity contribution < 1.29 is 23.1 Å². The third kappa shape index (κ3) is 2.80. The molecule has 2 saturated heterocycles. The van der Waals surface area contributed by atoms with Crippen LogP contribution in [0.5, 0.6) is 0 Å². The standard InChI is InChI=1S/C12H20N2O5S/c1-8-6-13(7-9(8)12(16)17)11(15)10-4-3-5-14(10)20(2,18)19/h8-10H,3-7H2,1-2H3,(H,16,17)/t8-,9-,10?/m1/s1. The molecule has 20 heavy (non-hydrogen) atoms. The van der Waals surface area contributed by atoms with E-state index in [9.17, 15) is 18.0 Å². The van der Waals surface area contributed by atoms with Crippen molar-refractivity contribution in [3.05, 3.63) is 0 Å². The van der Waals surface area contributed by atoms with E-state index in [1.807, 2.05) is 0 Å². The Morgan fingerprint density at radius 3 is 2.40 bits per heavy atom. The van der Waals surface area contributed by atoms with E-state index in [-0.39, 0.29) is 18.4 Å². The number of aliphatic carboxylic acids is 1. The Morgan fingerprint density at radius 2 is 1.90 bits per heavy atom. The van der Waals surface area contributed by atoms with Gasteiger partial charge in [0, 0.05) is 19.6 Å². The van der Waals surface area contributed by atoms with Gasteiger partial charge in [-0.15, -0.1) is 0 Å². The predicted octanol–water partition coefficient (Wildman–Crippen LogP) is -0.410. The van der Waals surface area contributed by atoms with Crippen molar-refractivity contribution in [2.24, 2.45) is 11.8 Å². The van der Waals surface area contributed by atoms with Gasteiger partial charge in [-0.1, -0.05) is 6.92 Å². The lowest BCUT2D eigenvalue weighted by atomic mass is 9.99. The van der Waals surface area contributed by atoms with E-state index in [0.717, 1.165) is 6.26 Å². The van der Waals surface area contributed by atoms with E-state index in [2.05, 4.69) is 0 Å². The third-order valence-electron chi connectivity index (χ3n) is 4.16. The molecule has 2 rings (SSSR count). The highest BCUT2D eigenvalue weighted by Gasteiger charge is 2.43. The number of likely N-dealkylation sites (tertiary alicyclic amines) is 1. The molecule has 0 bridgehead atoms. The molecule has 2 heterocycles. The van der Waals surface area contributed by atoms with Crippen LogP contribution in [0.25, 0.3) is 0 Å². The fourth-order valence-corrected chi connectivity index (χ4v) is 4.18. The van der Waals surface area contributed by atoms with Crippen LogP contribution in [0.2, 0.25) is 0 Å². The fraction of sp³-hybridized carbons (Fsp3) is 0.833. The number of hydrogen-bond acceptors (Lipinski definition) is 4. The first kappa shape index (κ1) is 15.2. The second kappa shape index (κ2) is 5.33. The number of nitrogens with zero attached hydrogens (tertiary/aromatic N) is 2. The Labute approximate surface area is 118 Å². The summed E-state index contributed by atoms with van der Waals surface area (Å²) in [6.45, 7) is 2.71. The van der Waals surface area contributed by atoms with Gasteiger partial charge in [-0.2, -0.15) is 4.31 Å². The van der Waals surface area contributed by atoms with Crippen LogP contribution in [0, 0.1) is 11.8 Å². The number of hydrogen-bond donors (Lipinski definition) is 1. The summed E-state index contributed by atoms with van der Waals surface area (Å²) in [5.41, 5.74) is 0. The van der Waals surface area contributed by atoms with Crippen molar-refractivity contribution in [2.45, 2.75) is 25.8 Å². The number of rotatable bonds is 3. The predicted molar refractivity (Wildman–Crippen MR) is 71.4 cm³/mol. The van der Waals surface area contributed by atoms with Gasteiger partial charge in [-0.3, -0.25) is 9.59 Å². The molecule has 0 saturated carbocycles. The Morgan fingerprint density at radius 1 is 1.25 bits per heavy atom. The maximum absolute atomic E-state index is 12.4. The van der Waals surface area contributed by atoms with Gasteiger partial charge in [0.1, 0.15) is 6.04 Å². The molecule has 7 nitrogen and oxygen atoms in total. The minimum Gasteiger partial charge on any atom is -0.481 e. The van der Waals surface area contributed by atoms with Crippen LogP contribution in [-0.4, -0.2) is 66.5 Å². The number of carbonyl (C=O) groups excluding carboxylic acids is 1. The SMILES string of the molecule is C[C@@H]1CN(C(=O)C2CCCN2S(C)(=O)=O)C[C@H]1C(=O)O. The zero-order valence-corrected chi connectivity index (χ0v) is 12.5. The highest BCUT2D eigenvalue weighted by Crippen LogP contribution is 2.28. The van der Waals surface area contributed by atoms with Crippen LogP contribution < -0.4 is 0 Å². The average Bonchev–Trinajstić information content (AvgIpc) is 2.92. The first-order chi connectivity index (χ1) is 9.21. The maximum Gasteiger partial charge on any atom is 0.308 e. The lowest BCUT2D eigenvalue weighted by Gasteiger charge is -2.26. The molecule has 0 spiro atoms. The van der Waals surface area contributed by atoms with E-state index in [1.165, 1.54) is 9.21 Å². The lowest BCUT2D eigenvalue weighted by molar-refractivity contribution is -0.142. The van der Waals surface area contributed by atoms with E-state index < -0.39 is 28.0 Å². The van der Waals surface area contributed by atoms with Crippen molar-refractivity contribution >= 4 is 21.9 Å². The van der Waals surface area contributed by atoms with Crippen molar-refractivity contribution in [1.82, 2.24) is 9.21 Å². The molecule has 0 aromatic rings. The number of carbonyl (C=O) groups is 2. The first-order valence-corrected chi connectivity index (χ1v) is 8.55. The normalized spacial score (nSPS) is 31.7. The van der Waals surface area contributed by atoms with Gasteiger partial charge < -0.3 is 10.0 Å². The number of amides is 1. The highest BCUT2D eigenvalue weighted by atomic mass is 32.2. The zero-order valence-electron chi connectivity index (χ0n) is 11.7. The van der Waals surface area contributed by atoms with Crippen LogP contribution >= 0.6 is 0 Å². The van der Waals surface area contributed by atoms with E-state index in [1.54, 1.807) is 6.92 Å². The molecule has 0 aromatic carbocycles. The molecule has 0 aromatic heterocycles. The summed E-state index contributed by atoms with van der Waals surface area (Å²) < 4.78 is 24.6. The summed E-state index contributed by atoms with van der Waals surface area (Å²) in [7, 11) is -3.40. The quantitative estimate of drug-likeness (QED) is 0.765. The molecule has 3 atom stereocenters. The van der Waals surface area contributed by atoms with Gasteiger partial charge in [0.2, 0.25) is 15.9 Å². The van der Waals surface area contributed by atoms with Crippen molar-refractivity contribution in [2.75, 3.05) is 25.9 Å². The monoisotopic (exact) mass is 304 g/mol. The van der Waals surface area contributed by atoms with Gasteiger partial charge >= 0.3 is 5.97 Å². The molecule has 1 unspecified atom stereocenters. The van der Waals surface area contributed by atoms with Crippen LogP contribution in [0.3, 0.4) is 0 Å². The van der Waals surface area contributed by atoms with Crippen LogP contribution in [0.15, 0.2) is 0 Å². The molecule has 0 radical (unpaired) electrons. The van der Waals surface area contributed by atoms with Crippen LogP contribution in [-0.2, 0) is 19.6 Å². The Bertz CT molecular complexity index is 518. The molecule has 114 valence electrons. The summed E-state index contributed by atoms with van der Waals surface area (Å²) in [6, 6.07) is -0.662. The van der Waals surface area contributed by atoms with E-state index >= 15 is 0 Å². The second-order valence-electron chi connectivity index (χ2n) is 5.70. The minimum absolute atomic E-state index is 0.107. The molecular formula is C12H20N2O5S. The molecule has 2 fully saturated rings. The summed E-state index contributed by atoms with van der Waals surface area (Å²) in [5, 5.41) is 9.09. The van der Waals surface area contributed by atoms with Crippen molar-refractivity contribution in [1.29, 1.82) is 0 Å². The Balaban J connectivity index is 2.11. The van der Waals surface area contributed by atoms with Gasteiger partial charge in [0.15, 0.2) is 0 Å². The van der Waals surface area contributed by atoms with Gasteiger partial charge in [0.05, 0.1) is 12.2 Å². The first-order valence-electron chi connectivity index (χ1n) is 6.70. The fourth-order valence-electron chi connectivity index (χ4n) is 3.06.